The Balaban J connectivity index is 1.77. The highest BCUT2D eigenvalue weighted by Crippen LogP contribution is 2.33. The van der Waals surface area contributed by atoms with E-state index in [4.69, 9.17) is 8.37 Å². The van der Waals surface area contributed by atoms with Gasteiger partial charge in [-0.1, -0.05) is 32.1 Å². The first-order chi connectivity index (χ1) is 5.95. The first-order valence-corrected chi connectivity index (χ1v) is 5.31. The molecule has 0 atom stereocenters. The van der Waals surface area contributed by atoms with Gasteiger partial charge in [-0.2, -0.15) is 0 Å². The number of allylic oxidation sites excluding steroid dienone is 1. The average Bonchev–Trinajstić information content (AvgIpc) is 2.59. The Hall–Kier alpha value is -0.310. The van der Waals surface area contributed by atoms with Crippen molar-refractivity contribution in [3.8, 4) is 0 Å². The fourth-order valence-corrected chi connectivity index (χ4v) is 2.29. The van der Waals surface area contributed by atoms with Crippen LogP contribution < -0.4 is 0 Å². The molecule has 1 aliphatic heterocycles. The van der Waals surface area contributed by atoms with Gasteiger partial charge in [0.25, 0.3) is 12.3 Å². The molecule has 1 heterocycles. The van der Waals surface area contributed by atoms with Crippen LogP contribution in [0.3, 0.4) is 0 Å². The van der Waals surface area contributed by atoms with Gasteiger partial charge in [0.05, 0.1) is 0 Å². The molecule has 0 unspecified atom stereocenters. The Kier molecular flexibility index (Phi) is 2.82. The maximum Gasteiger partial charge on any atom is 0.292 e. The van der Waals surface area contributed by atoms with Crippen molar-refractivity contribution >= 4 is 12.3 Å². The molecule has 2 rings (SSSR count). The highest BCUT2D eigenvalue weighted by atomic mass is 32.2. The topological polar surface area (TPSA) is 18.5 Å². The van der Waals surface area contributed by atoms with E-state index in [1.165, 1.54) is 32.1 Å². The van der Waals surface area contributed by atoms with Gasteiger partial charge in [-0.3, -0.25) is 0 Å². The molecular formula is C9H14O2S. The van der Waals surface area contributed by atoms with Crippen molar-refractivity contribution in [2.75, 3.05) is 0 Å². The molecule has 68 valence electrons. The Morgan fingerprint density at radius 1 is 1.33 bits per heavy atom. The number of rotatable bonds is 2. The first kappa shape index (κ1) is 8.30. The fourth-order valence-electron chi connectivity index (χ4n) is 1.91. The van der Waals surface area contributed by atoms with Crippen LogP contribution in [0.15, 0.2) is 12.0 Å². The van der Waals surface area contributed by atoms with Gasteiger partial charge in [-0.05, 0) is 5.92 Å². The van der Waals surface area contributed by atoms with Gasteiger partial charge in [0.15, 0.2) is 5.76 Å². The summed E-state index contributed by atoms with van der Waals surface area (Å²) in [6.07, 6.45) is 9.75. The van der Waals surface area contributed by atoms with E-state index >= 15 is 0 Å². The molecular weight excluding hydrogens is 172 g/mol. The molecule has 2 aliphatic rings. The Morgan fingerprint density at radius 3 is 2.83 bits per heavy atom. The van der Waals surface area contributed by atoms with E-state index in [0.29, 0.717) is 0 Å². The van der Waals surface area contributed by atoms with Crippen molar-refractivity contribution in [1.82, 2.24) is 0 Å². The van der Waals surface area contributed by atoms with E-state index in [0.717, 1.165) is 30.4 Å². The smallest absolute Gasteiger partial charge is 0.292 e. The maximum absolute atomic E-state index is 5.21. The Bertz CT molecular complexity index is 173. The molecule has 0 radical (unpaired) electrons. The third-order valence-corrected chi connectivity index (χ3v) is 3.03. The molecule has 0 N–H and O–H groups in total. The molecule has 1 saturated carbocycles. The van der Waals surface area contributed by atoms with Crippen LogP contribution in [0.25, 0.3) is 0 Å². The standard InChI is InChI=1S/C9H14O2S/c1-2-4-8(5-3-1)6-9-7-10-12-11-9/h7-8H,1-6H2. The summed E-state index contributed by atoms with van der Waals surface area (Å²) < 4.78 is 10.1. The lowest BCUT2D eigenvalue weighted by Gasteiger charge is -2.20. The van der Waals surface area contributed by atoms with Gasteiger partial charge < -0.3 is 8.37 Å². The van der Waals surface area contributed by atoms with Crippen LogP contribution in [0.5, 0.6) is 0 Å². The zero-order valence-electron chi connectivity index (χ0n) is 7.12. The van der Waals surface area contributed by atoms with Crippen LogP contribution >= 0.6 is 12.3 Å². The van der Waals surface area contributed by atoms with Crippen LogP contribution in [-0.4, -0.2) is 0 Å². The predicted molar refractivity (Wildman–Crippen MR) is 49.0 cm³/mol. The van der Waals surface area contributed by atoms with E-state index in [9.17, 15) is 0 Å². The lowest BCUT2D eigenvalue weighted by molar-refractivity contribution is 0.323. The molecule has 12 heavy (non-hydrogen) atoms. The SMILES string of the molecule is C1=C(CC2CCCCC2)OSO1. The van der Waals surface area contributed by atoms with Gasteiger partial charge in [0, 0.05) is 6.42 Å². The summed E-state index contributed by atoms with van der Waals surface area (Å²) in [5.41, 5.74) is 0. The molecule has 2 nitrogen and oxygen atoms in total. The third kappa shape index (κ3) is 2.09. The summed E-state index contributed by atoms with van der Waals surface area (Å²) >= 11 is 1.08. The molecule has 1 fully saturated rings. The highest BCUT2D eigenvalue weighted by molar-refractivity contribution is 7.90. The van der Waals surface area contributed by atoms with E-state index in [2.05, 4.69) is 0 Å². The van der Waals surface area contributed by atoms with E-state index < -0.39 is 0 Å². The molecule has 1 aliphatic carbocycles. The second kappa shape index (κ2) is 4.08. The highest BCUT2D eigenvalue weighted by Gasteiger charge is 2.18. The Morgan fingerprint density at radius 2 is 2.17 bits per heavy atom. The van der Waals surface area contributed by atoms with Crippen LogP contribution in [0, 0.1) is 5.92 Å². The maximum atomic E-state index is 5.21. The lowest BCUT2D eigenvalue weighted by atomic mass is 9.87. The van der Waals surface area contributed by atoms with Crippen LogP contribution in [0.1, 0.15) is 38.5 Å². The summed E-state index contributed by atoms with van der Waals surface area (Å²) in [5, 5.41) is 0. The minimum atomic E-state index is 0.840. The molecule has 0 aromatic carbocycles. The van der Waals surface area contributed by atoms with Gasteiger partial charge >= 0.3 is 0 Å². The largest absolute Gasteiger partial charge is 0.396 e. The van der Waals surface area contributed by atoms with E-state index in [-0.39, 0.29) is 0 Å². The number of hydrogen-bond acceptors (Lipinski definition) is 3. The van der Waals surface area contributed by atoms with Gasteiger partial charge in [-0.15, -0.1) is 0 Å². The van der Waals surface area contributed by atoms with Crippen molar-refractivity contribution < 1.29 is 8.37 Å². The summed E-state index contributed by atoms with van der Waals surface area (Å²) in [6, 6.07) is 0. The summed E-state index contributed by atoms with van der Waals surface area (Å²) in [5.74, 6) is 1.86. The van der Waals surface area contributed by atoms with Crippen molar-refractivity contribution in [3.63, 3.8) is 0 Å². The van der Waals surface area contributed by atoms with Crippen molar-refractivity contribution in [2.24, 2.45) is 5.92 Å². The molecule has 0 amide bonds. The lowest BCUT2D eigenvalue weighted by Crippen LogP contribution is -2.06. The number of hydrogen-bond donors (Lipinski definition) is 0. The normalized spacial score (nSPS) is 24.5. The fraction of sp³-hybridized carbons (Fsp3) is 0.778. The van der Waals surface area contributed by atoms with Crippen LogP contribution in [0.4, 0.5) is 0 Å². The monoisotopic (exact) mass is 186 g/mol. The van der Waals surface area contributed by atoms with Crippen LogP contribution in [0.2, 0.25) is 0 Å². The molecule has 3 heteroatoms. The van der Waals surface area contributed by atoms with Crippen molar-refractivity contribution in [3.05, 3.63) is 12.0 Å². The van der Waals surface area contributed by atoms with Crippen LogP contribution in [-0.2, 0) is 8.37 Å². The minimum Gasteiger partial charge on any atom is -0.396 e. The molecule has 0 spiro atoms. The molecule has 0 bridgehead atoms. The van der Waals surface area contributed by atoms with Gasteiger partial charge in [-0.25, -0.2) is 0 Å². The van der Waals surface area contributed by atoms with Crippen molar-refractivity contribution in [1.29, 1.82) is 0 Å². The second-order valence-electron chi connectivity index (χ2n) is 3.54. The predicted octanol–water partition coefficient (Wildman–Crippen LogP) is 3.41. The molecule has 0 saturated heterocycles. The first-order valence-electron chi connectivity index (χ1n) is 4.64. The molecule has 0 aromatic rings. The zero-order valence-corrected chi connectivity index (χ0v) is 7.94. The quantitative estimate of drug-likeness (QED) is 0.616. The summed E-state index contributed by atoms with van der Waals surface area (Å²) in [7, 11) is 0. The summed E-state index contributed by atoms with van der Waals surface area (Å²) in [6.45, 7) is 0. The van der Waals surface area contributed by atoms with E-state index in [1.54, 1.807) is 6.26 Å². The van der Waals surface area contributed by atoms with Gasteiger partial charge in [0.2, 0.25) is 0 Å². The third-order valence-electron chi connectivity index (χ3n) is 2.57. The minimum absolute atomic E-state index is 0.840. The van der Waals surface area contributed by atoms with Crippen molar-refractivity contribution in [2.45, 2.75) is 38.5 Å². The average molecular weight is 186 g/mol. The Labute approximate surface area is 77.7 Å². The summed E-state index contributed by atoms with van der Waals surface area (Å²) in [4.78, 5) is 0. The zero-order chi connectivity index (χ0) is 8.23. The van der Waals surface area contributed by atoms with E-state index in [1.807, 2.05) is 0 Å². The molecule has 0 aromatic heterocycles. The second-order valence-corrected chi connectivity index (χ2v) is 4.04. The van der Waals surface area contributed by atoms with Gasteiger partial charge in [0.1, 0.15) is 6.26 Å².